The van der Waals surface area contributed by atoms with Crippen LogP contribution in [0, 0.1) is 5.82 Å². The van der Waals surface area contributed by atoms with Crippen LogP contribution in [0.1, 0.15) is 51.2 Å². The van der Waals surface area contributed by atoms with E-state index in [0.29, 0.717) is 18.4 Å². The topological polar surface area (TPSA) is 127 Å². The lowest BCUT2D eigenvalue weighted by molar-refractivity contribution is -0.176. The van der Waals surface area contributed by atoms with Crippen molar-refractivity contribution in [2.24, 2.45) is 7.05 Å². The Hall–Kier alpha value is -3.71. The van der Waals surface area contributed by atoms with Gasteiger partial charge in [-0.2, -0.15) is 10.2 Å². The molecule has 0 spiro atoms. The van der Waals surface area contributed by atoms with E-state index in [-0.39, 0.29) is 53.2 Å². The maximum Gasteiger partial charge on any atom is 0.303 e. The van der Waals surface area contributed by atoms with Crippen LogP contribution in [0.25, 0.3) is 10.9 Å². The van der Waals surface area contributed by atoms with E-state index in [1.54, 1.807) is 35.1 Å². The number of halogens is 2. The van der Waals surface area contributed by atoms with Crippen molar-refractivity contribution in [3.8, 4) is 0 Å². The van der Waals surface area contributed by atoms with Gasteiger partial charge in [-0.25, -0.2) is 9.37 Å². The van der Waals surface area contributed by atoms with Crippen LogP contribution < -0.4 is 5.32 Å². The number of aliphatic carboxylic acids is 1. The number of nitrogens with one attached hydrogen (secondary N) is 1. The molecule has 5 rings (SSSR count). The molecule has 1 atom stereocenters. The zero-order chi connectivity index (χ0) is 29.1. The highest BCUT2D eigenvalue weighted by Crippen LogP contribution is 2.35. The molecular weight excluding hydrogens is 573 g/mol. The fraction of sp³-hybridized carbons (Fsp3) is 0.321. The van der Waals surface area contributed by atoms with Gasteiger partial charge in [0.25, 0.3) is 5.91 Å². The van der Waals surface area contributed by atoms with E-state index in [0.717, 1.165) is 34.3 Å². The van der Waals surface area contributed by atoms with E-state index in [9.17, 15) is 18.8 Å². The summed E-state index contributed by atoms with van der Waals surface area (Å²) >= 11 is 7.79. The highest BCUT2D eigenvalue weighted by molar-refractivity contribution is 7.11. The van der Waals surface area contributed by atoms with E-state index in [4.69, 9.17) is 21.5 Å². The monoisotopic (exact) mass is 599 g/mol. The molecule has 13 heteroatoms. The average Bonchev–Trinajstić information content (AvgIpc) is 3.68. The van der Waals surface area contributed by atoms with Crippen LogP contribution in [-0.2, 0) is 34.3 Å². The molecule has 214 valence electrons. The molecule has 0 radical (unpaired) electrons. The highest BCUT2D eigenvalue weighted by atomic mass is 35.5. The number of hydroxylamine groups is 2. The Morgan fingerprint density at radius 1 is 1.27 bits per heavy atom. The van der Waals surface area contributed by atoms with Crippen LogP contribution in [0.15, 0.2) is 42.6 Å². The third-order valence-corrected chi connectivity index (χ3v) is 8.25. The zero-order valence-corrected chi connectivity index (χ0v) is 23.7. The van der Waals surface area contributed by atoms with Gasteiger partial charge in [-0.05, 0) is 43.0 Å². The molecule has 1 aliphatic heterocycles. The molecule has 3 heterocycles. The molecule has 2 aromatic heterocycles. The summed E-state index contributed by atoms with van der Waals surface area (Å²) in [7, 11) is 1.73. The third kappa shape index (κ3) is 6.62. The number of nitrogens with zero attached hydrogens (tertiary/aromatic N) is 4. The fourth-order valence-corrected chi connectivity index (χ4v) is 6.05. The molecule has 10 nitrogen and oxygen atoms in total. The van der Waals surface area contributed by atoms with Crippen molar-refractivity contribution in [2.75, 3.05) is 18.5 Å². The minimum atomic E-state index is -0.861. The summed E-state index contributed by atoms with van der Waals surface area (Å²) in [6.07, 6.45) is 3.55. The number of hydrogen-bond donors (Lipinski definition) is 2. The van der Waals surface area contributed by atoms with Crippen LogP contribution in [0.5, 0.6) is 0 Å². The highest BCUT2D eigenvalue weighted by Gasteiger charge is 2.30. The lowest BCUT2D eigenvalue weighted by atomic mass is 10.1. The minimum absolute atomic E-state index is 0.0381. The van der Waals surface area contributed by atoms with Crippen molar-refractivity contribution in [1.82, 2.24) is 19.8 Å². The molecule has 2 aromatic carbocycles. The summed E-state index contributed by atoms with van der Waals surface area (Å²) in [6, 6.07) is 9.55. The van der Waals surface area contributed by atoms with Crippen molar-refractivity contribution < 1.29 is 28.7 Å². The molecule has 1 saturated heterocycles. The molecule has 41 heavy (non-hydrogen) atoms. The second kappa shape index (κ2) is 12.4. The summed E-state index contributed by atoms with van der Waals surface area (Å²) in [5, 5.41) is 19.0. The summed E-state index contributed by atoms with van der Waals surface area (Å²) in [4.78, 5) is 47.5. The number of thiazole rings is 1. The fourth-order valence-electron chi connectivity index (χ4n) is 4.76. The maximum absolute atomic E-state index is 15.0. The smallest absolute Gasteiger partial charge is 0.303 e. The molecule has 0 aliphatic carbocycles. The van der Waals surface area contributed by atoms with E-state index >= 15 is 0 Å². The van der Waals surface area contributed by atoms with E-state index in [2.05, 4.69) is 15.4 Å². The van der Waals surface area contributed by atoms with Crippen LogP contribution in [0.4, 0.5) is 10.1 Å². The van der Waals surface area contributed by atoms with Gasteiger partial charge in [0.05, 0.1) is 28.7 Å². The summed E-state index contributed by atoms with van der Waals surface area (Å²) in [6.45, 7) is 0.359. The minimum Gasteiger partial charge on any atom is -0.481 e. The molecule has 1 amide bonds. The Kier molecular flexibility index (Phi) is 8.74. The number of carboxylic acids is 1. The molecule has 1 aliphatic rings. The number of rotatable bonds is 11. The standard InChI is InChI=1S/C28H27ClFN5O5S/c1-34-23-6-3-2-5-19(23)26(33-34)27(39)32-22-13-21(30)16(12-20(22)29)11-17(36)15-40-35-10-4-7-24(35)28-31-14-18(41-28)8-9-25(37)38/h2-3,5-6,12-14,24H,4,7-11,15H2,1H3,(H,32,39)(H,37,38)/t24-/m0/s1. The number of anilines is 1. The zero-order valence-electron chi connectivity index (χ0n) is 22.1. The van der Waals surface area contributed by atoms with Crippen LogP contribution in [-0.4, -0.2) is 55.7 Å². The molecule has 0 unspecified atom stereocenters. The molecule has 2 N–H and O–H groups in total. The van der Waals surface area contributed by atoms with Gasteiger partial charge >= 0.3 is 5.97 Å². The first kappa shape index (κ1) is 28.8. The first-order valence-corrected chi connectivity index (χ1v) is 14.2. The van der Waals surface area contributed by atoms with Gasteiger partial charge < -0.3 is 10.4 Å². The number of aryl methyl sites for hydroxylation is 2. The quantitative estimate of drug-likeness (QED) is 0.247. The second-order valence-electron chi connectivity index (χ2n) is 9.71. The van der Waals surface area contributed by atoms with Crippen molar-refractivity contribution in [1.29, 1.82) is 0 Å². The van der Waals surface area contributed by atoms with Gasteiger partial charge in [0.1, 0.15) is 17.4 Å². The number of Topliss-reactive ketones (excluding diaryl/α,β-unsaturated/α-hetero) is 1. The molecule has 0 bridgehead atoms. The predicted molar refractivity (Wildman–Crippen MR) is 151 cm³/mol. The van der Waals surface area contributed by atoms with Crippen LogP contribution in [0.3, 0.4) is 0 Å². The summed E-state index contributed by atoms with van der Waals surface area (Å²) in [5.41, 5.74) is 1.12. The maximum atomic E-state index is 15.0. The lowest BCUT2D eigenvalue weighted by Crippen LogP contribution is -2.27. The second-order valence-corrected chi connectivity index (χ2v) is 11.3. The number of fused-ring (bicyclic) bond motifs is 1. The molecule has 4 aromatic rings. The first-order chi connectivity index (χ1) is 19.7. The van der Waals surface area contributed by atoms with Crippen molar-refractivity contribution in [2.45, 2.75) is 38.1 Å². The molecular formula is C28H27ClFN5O5S. The van der Waals surface area contributed by atoms with Gasteiger partial charge in [-0.15, -0.1) is 11.3 Å². The van der Waals surface area contributed by atoms with Crippen molar-refractivity contribution in [3.05, 3.63) is 74.6 Å². The van der Waals surface area contributed by atoms with E-state index in [1.807, 2.05) is 12.1 Å². The van der Waals surface area contributed by atoms with Gasteiger partial charge in [0.15, 0.2) is 11.5 Å². The van der Waals surface area contributed by atoms with Crippen molar-refractivity contribution >= 4 is 57.2 Å². The summed E-state index contributed by atoms with van der Waals surface area (Å²) < 4.78 is 16.6. The molecule has 0 saturated carbocycles. The van der Waals surface area contributed by atoms with Crippen LogP contribution in [0.2, 0.25) is 5.02 Å². The predicted octanol–water partition coefficient (Wildman–Crippen LogP) is 4.97. The Labute approximate surface area is 243 Å². The number of carbonyl (C=O) groups is 3. The lowest BCUT2D eigenvalue weighted by Gasteiger charge is -2.21. The Bertz CT molecular complexity index is 1620. The normalized spacial score (nSPS) is 15.4. The summed E-state index contributed by atoms with van der Waals surface area (Å²) in [5.74, 6) is -2.42. The Morgan fingerprint density at radius 2 is 2.07 bits per heavy atom. The molecule has 1 fully saturated rings. The van der Waals surface area contributed by atoms with Gasteiger partial charge in [0.2, 0.25) is 0 Å². The van der Waals surface area contributed by atoms with E-state index < -0.39 is 17.7 Å². The van der Waals surface area contributed by atoms with Crippen molar-refractivity contribution in [3.63, 3.8) is 0 Å². The Balaban J connectivity index is 1.18. The number of para-hydroxylation sites is 1. The number of ketones is 1. The number of benzene rings is 2. The first-order valence-electron chi connectivity index (χ1n) is 13.0. The van der Waals surface area contributed by atoms with Gasteiger partial charge in [-0.1, -0.05) is 29.8 Å². The average molecular weight is 600 g/mol. The number of hydrogen-bond acceptors (Lipinski definition) is 8. The number of carbonyl (C=O) groups excluding carboxylic acids is 2. The van der Waals surface area contributed by atoms with Gasteiger partial charge in [0, 0.05) is 36.5 Å². The SMILES string of the molecule is Cn1nc(C(=O)Nc2cc(F)c(CC(=O)CON3CCC[C@H]3c3ncc(CCC(=O)O)s3)cc2Cl)c2ccccc21. The number of carboxylic acid groups (broad SMARTS) is 1. The Morgan fingerprint density at radius 3 is 2.88 bits per heavy atom. The van der Waals surface area contributed by atoms with Crippen LogP contribution >= 0.6 is 22.9 Å². The number of aromatic nitrogens is 3. The van der Waals surface area contributed by atoms with Gasteiger partial charge in [-0.3, -0.25) is 23.9 Å². The largest absolute Gasteiger partial charge is 0.481 e. The third-order valence-electron chi connectivity index (χ3n) is 6.78. The van der Waals surface area contributed by atoms with E-state index in [1.165, 1.54) is 17.4 Å². The number of amides is 1.